The van der Waals surface area contributed by atoms with Gasteiger partial charge in [-0.05, 0) is 161 Å². The van der Waals surface area contributed by atoms with Gasteiger partial charge < -0.3 is 34.2 Å². The van der Waals surface area contributed by atoms with Crippen LogP contribution >= 0.6 is 15.6 Å². The highest BCUT2D eigenvalue weighted by molar-refractivity contribution is 7.47. The highest BCUT2D eigenvalue weighted by Gasteiger charge is 2.29. The van der Waals surface area contributed by atoms with Crippen molar-refractivity contribution in [2.45, 2.75) is 309 Å². The first-order valence-corrected chi connectivity index (χ1v) is 45.0. The molecule has 0 aliphatic heterocycles. The number of unbranched alkanes of at least 4 members (excludes halogenated alkanes) is 18. The lowest BCUT2D eigenvalue weighted by Gasteiger charge is -2.21. The van der Waals surface area contributed by atoms with Crippen molar-refractivity contribution in [3.63, 3.8) is 0 Å². The van der Waals surface area contributed by atoms with E-state index in [1.807, 2.05) is 18.2 Å². The van der Waals surface area contributed by atoms with E-state index in [1.54, 1.807) is 0 Å². The lowest BCUT2D eigenvalue weighted by molar-refractivity contribution is -0.161. The Labute approximate surface area is 672 Å². The van der Waals surface area contributed by atoms with Crippen LogP contribution in [0.4, 0.5) is 0 Å². The molecule has 0 saturated heterocycles. The summed E-state index contributed by atoms with van der Waals surface area (Å²) in [5.41, 5.74) is 0. The topological polar surface area (TPSA) is 231 Å². The van der Waals surface area contributed by atoms with Crippen molar-refractivity contribution in [2.24, 2.45) is 0 Å². The molecule has 0 saturated carbocycles. The Morgan fingerprint density at radius 2 is 0.468 bits per heavy atom. The molecule has 626 valence electrons. The monoisotopic (exact) mass is 1580 g/mol. The first-order valence-electron chi connectivity index (χ1n) is 42.0. The van der Waals surface area contributed by atoms with E-state index in [-0.39, 0.29) is 19.3 Å². The lowest BCUT2D eigenvalue weighted by Crippen LogP contribution is -2.29. The number of ether oxygens (including phenoxy) is 3. The maximum absolute atomic E-state index is 13.0. The third-order valence-electron chi connectivity index (χ3n) is 16.7. The molecular weight excluding hydrogens is 1430 g/mol. The molecule has 4 N–H and O–H groups in total. The average molecular weight is 1580 g/mol. The largest absolute Gasteiger partial charge is 0.472 e. The molecule has 0 aromatic carbocycles. The summed E-state index contributed by atoms with van der Waals surface area (Å²) >= 11 is 0. The van der Waals surface area contributed by atoms with Crippen molar-refractivity contribution in [3.05, 3.63) is 219 Å². The van der Waals surface area contributed by atoms with Crippen molar-refractivity contribution in [1.29, 1.82) is 0 Å². The second-order valence-electron chi connectivity index (χ2n) is 27.1. The van der Waals surface area contributed by atoms with Gasteiger partial charge in [0.05, 0.1) is 26.4 Å². The van der Waals surface area contributed by atoms with Gasteiger partial charge in [0, 0.05) is 19.3 Å². The Hall–Kier alpha value is -6.13. The lowest BCUT2D eigenvalue weighted by atomic mass is 10.0. The van der Waals surface area contributed by atoms with Crippen LogP contribution in [0.3, 0.4) is 0 Å². The second kappa shape index (κ2) is 83.3. The summed E-state index contributed by atoms with van der Waals surface area (Å²) in [6.07, 6.45) is 113. The number of carbonyl (C=O) groups excluding carboxylic acids is 3. The molecule has 18 heteroatoms. The van der Waals surface area contributed by atoms with Crippen LogP contribution in [0.15, 0.2) is 219 Å². The fourth-order valence-electron chi connectivity index (χ4n) is 10.4. The summed E-state index contributed by atoms with van der Waals surface area (Å²) in [7, 11) is -9.85. The Kier molecular flexibility index (Phi) is 78.7. The normalized spacial score (nSPS) is 15.0. The minimum Gasteiger partial charge on any atom is -0.463 e. The molecule has 111 heavy (non-hydrogen) atoms. The number of rotatable bonds is 77. The van der Waals surface area contributed by atoms with Crippen LogP contribution in [0.25, 0.3) is 0 Å². The van der Waals surface area contributed by atoms with E-state index >= 15 is 0 Å². The number of aliphatic hydroxyl groups excluding tert-OH is 2. The molecule has 0 aliphatic rings. The van der Waals surface area contributed by atoms with E-state index < -0.39 is 91.5 Å². The molecule has 5 atom stereocenters. The van der Waals surface area contributed by atoms with E-state index in [0.717, 1.165) is 161 Å². The molecule has 0 spiro atoms. The smallest absolute Gasteiger partial charge is 0.463 e. The van der Waals surface area contributed by atoms with E-state index in [4.69, 9.17) is 32.3 Å². The summed E-state index contributed by atoms with van der Waals surface area (Å²) in [5, 5.41) is 20.7. The molecule has 0 rings (SSSR count). The first kappa shape index (κ1) is 105. The van der Waals surface area contributed by atoms with Gasteiger partial charge in [0.2, 0.25) is 0 Å². The summed E-state index contributed by atoms with van der Waals surface area (Å²) in [4.78, 5) is 58.7. The van der Waals surface area contributed by atoms with Crippen molar-refractivity contribution in [1.82, 2.24) is 0 Å². The zero-order valence-corrected chi connectivity index (χ0v) is 70.3. The highest BCUT2D eigenvalue weighted by atomic mass is 31.2. The minimum atomic E-state index is -4.97. The summed E-state index contributed by atoms with van der Waals surface area (Å²) in [6, 6.07) is 0. The molecule has 0 amide bonds. The van der Waals surface area contributed by atoms with Crippen molar-refractivity contribution in [2.75, 3.05) is 39.6 Å². The Morgan fingerprint density at radius 3 is 0.748 bits per heavy atom. The predicted molar refractivity (Wildman–Crippen MR) is 463 cm³/mol. The predicted octanol–water partition coefficient (Wildman–Crippen LogP) is 25.4. The van der Waals surface area contributed by atoms with Gasteiger partial charge in [-0.25, -0.2) is 9.13 Å². The number of phosphoric acid groups is 2. The van der Waals surface area contributed by atoms with E-state index in [9.17, 15) is 43.5 Å². The highest BCUT2D eigenvalue weighted by Crippen LogP contribution is 2.45. The van der Waals surface area contributed by atoms with Gasteiger partial charge in [0.15, 0.2) is 6.10 Å². The van der Waals surface area contributed by atoms with Gasteiger partial charge in [-0.2, -0.15) is 0 Å². The molecule has 0 heterocycles. The van der Waals surface area contributed by atoms with Crippen LogP contribution in [-0.2, 0) is 55.8 Å². The summed E-state index contributed by atoms with van der Waals surface area (Å²) in [5.74, 6) is -1.72. The molecule has 0 aromatic heterocycles. The molecule has 0 radical (unpaired) electrons. The number of carbonyl (C=O) groups is 3. The van der Waals surface area contributed by atoms with Crippen LogP contribution in [0.2, 0.25) is 0 Å². The van der Waals surface area contributed by atoms with Crippen LogP contribution in [0.1, 0.15) is 290 Å². The van der Waals surface area contributed by atoms with Crippen LogP contribution in [0.5, 0.6) is 0 Å². The quantitative estimate of drug-likeness (QED) is 0.0146. The number of hydrogen-bond donors (Lipinski definition) is 4. The van der Waals surface area contributed by atoms with Gasteiger partial charge in [0.1, 0.15) is 25.4 Å². The van der Waals surface area contributed by atoms with Gasteiger partial charge >= 0.3 is 33.6 Å². The van der Waals surface area contributed by atoms with Gasteiger partial charge in [0.25, 0.3) is 0 Å². The fraction of sp³-hybridized carbons (Fsp3) is 0.581. The van der Waals surface area contributed by atoms with E-state index in [0.29, 0.717) is 25.7 Å². The molecule has 0 aromatic rings. The maximum Gasteiger partial charge on any atom is 0.472 e. The van der Waals surface area contributed by atoms with Crippen molar-refractivity contribution < 1.29 is 75.8 Å². The van der Waals surface area contributed by atoms with Crippen LogP contribution in [-0.4, -0.2) is 95.9 Å². The van der Waals surface area contributed by atoms with Crippen LogP contribution < -0.4 is 0 Å². The Morgan fingerprint density at radius 1 is 0.252 bits per heavy atom. The standard InChI is InChI=1S/C93H148O16P2/c1-4-7-10-13-16-19-22-25-28-31-34-36-38-39-40-41-42-43-44-45-46-47-49-51-53-55-58-61-64-67-70-73-76-79-91(96)103-82-88(94)83-105-110(99,100)106-84-89(95)85-107-111(101,102)108-87-90(109-93(98)81-78-75-72-69-66-63-60-57-52-33-30-27-24-21-18-15-12-9-6-3)86-104-92(97)80-77-74-71-68-65-62-59-56-54-50-48-37-35-32-29-26-23-20-17-14-11-8-5-2/h7-12,16-21,25-30,34-37,39-40,42-43,50,52,54,57,59,62-63,66,72,75,88-90,94-95H,4-6,13-15,22-24,31-33,38,41,44-49,51,53,55-56,58,60-61,64-65,67-71,73-74,76-87H2,1-3H3,(H,99,100)(H,101,102)/b10-7-,11-8-,12-9-,19-16-,20-17-,21-18-,28-25-,29-26-,30-27-,36-34-,37-35-,40-39-,43-42-,54-50-,57-52-,62-59-,66-63-,75-72-. The van der Waals surface area contributed by atoms with Crippen molar-refractivity contribution >= 4 is 33.6 Å². The number of esters is 3. The van der Waals surface area contributed by atoms with Crippen LogP contribution in [0, 0.1) is 0 Å². The Balaban J connectivity index is 4.63. The fourth-order valence-corrected chi connectivity index (χ4v) is 12.0. The minimum absolute atomic E-state index is 0.0356. The number of hydrogen-bond acceptors (Lipinski definition) is 14. The Bertz CT molecular complexity index is 2900. The molecule has 16 nitrogen and oxygen atoms in total. The SMILES string of the molecule is CC/C=C\C/C=C\C/C=C\C/C=C\C/C=C\C/C=C\CCCCCCCCCCCCCCCCC(=O)OCC(O)COP(=O)(O)OCC(O)COP(=O)(O)OCC(COC(=O)CCCCCC/C=C\C/C=C\C/C=C\C/C=C\C/C=C\C/C=C\CC)OC(=O)CC/C=C\C/C=C\C/C=C\C/C=C\C/C=C\C/C=C\CC. The van der Waals surface area contributed by atoms with Gasteiger partial charge in [-0.3, -0.25) is 32.5 Å². The summed E-state index contributed by atoms with van der Waals surface area (Å²) < 4.78 is 61.1. The van der Waals surface area contributed by atoms with Gasteiger partial charge in [-0.15, -0.1) is 0 Å². The molecule has 5 unspecified atom stereocenters. The summed E-state index contributed by atoms with van der Waals surface area (Å²) in [6.45, 7) is 2.20. The molecular formula is C93H148O16P2. The van der Waals surface area contributed by atoms with Gasteiger partial charge in [-0.1, -0.05) is 329 Å². The number of allylic oxidation sites excluding steroid dienone is 36. The number of phosphoric ester groups is 2. The first-order chi connectivity index (χ1) is 54.2. The molecule has 0 fully saturated rings. The molecule has 0 aliphatic carbocycles. The van der Waals surface area contributed by atoms with E-state index in [2.05, 4.69) is 221 Å². The third-order valence-corrected chi connectivity index (χ3v) is 18.6. The third kappa shape index (κ3) is 84.6. The molecule has 0 bridgehead atoms. The maximum atomic E-state index is 13.0. The van der Waals surface area contributed by atoms with Crippen molar-refractivity contribution in [3.8, 4) is 0 Å². The zero-order chi connectivity index (χ0) is 80.8. The average Bonchev–Trinajstić information content (AvgIpc) is 0.900. The second-order valence-corrected chi connectivity index (χ2v) is 30.0. The zero-order valence-electron chi connectivity index (χ0n) is 68.5. The van der Waals surface area contributed by atoms with E-state index in [1.165, 1.54) is 64.2 Å². The number of aliphatic hydroxyl groups is 2.